The van der Waals surface area contributed by atoms with Gasteiger partial charge in [-0.15, -0.1) is 0 Å². The third-order valence-electron chi connectivity index (χ3n) is 8.79. The molecular weight excluding hydrogens is 429 g/mol. The van der Waals surface area contributed by atoms with Crippen LogP contribution in [0, 0.1) is 11.8 Å². The molecule has 2 heterocycles. The van der Waals surface area contributed by atoms with E-state index in [0.717, 1.165) is 61.8 Å². The molecule has 0 amide bonds. The van der Waals surface area contributed by atoms with E-state index in [1.54, 1.807) is 0 Å². The Labute approximate surface area is 202 Å². The standard InChI is InChI=1S/C29H38FNO3/c1-2-19-7-11-25(12-8-19)34-28-13-10-21-9-6-20(14-26(21)27(28)17-30)18-31-23-4-3-5-24(31)16-22(15-23)29(32)33/h6,9-10,13-14,19,22-25H,2-5,7-8,11-12,15-18H2,1H3,(H,32,33). The summed E-state index contributed by atoms with van der Waals surface area (Å²) < 4.78 is 20.7. The molecule has 2 bridgehead atoms. The first-order valence-electron chi connectivity index (χ1n) is 13.3. The molecule has 1 aliphatic carbocycles. The molecule has 0 aromatic heterocycles. The number of fused-ring (bicyclic) bond motifs is 3. The summed E-state index contributed by atoms with van der Waals surface area (Å²) in [5, 5.41) is 11.5. The van der Waals surface area contributed by atoms with Gasteiger partial charge in [-0.2, -0.15) is 0 Å². The van der Waals surface area contributed by atoms with Crippen molar-refractivity contribution in [3.05, 3.63) is 41.5 Å². The van der Waals surface area contributed by atoms with E-state index >= 15 is 0 Å². The molecule has 2 unspecified atom stereocenters. The summed E-state index contributed by atoms with van der Waals surface area (Å²) in [6, 6.07) is 11.1. The van der Waals surface area contributed by atoms with Crippen molar-refractivity contribution in [3.63, 3.8) is 0 Å². The van der Waals surface area contributed by atoms with E-state index in [1.165, 1.54) is 31.2 Å². The number of piperidine rings is 2. The number of hydrogen-bond acceptors (Lipinski definition) is 3. The molecule has 4 nitrogen and oxygen atoms in total. The lowest BCUT2D eigenvalue weighted by Gasteiger charge is -2.48. The number of carbonyl (C=O) groups is 1. The van der Waals surface area contributed by atoms with Crippen LogP contribution < -0.4 is 4.74 Å². The van der Waals surface area contributed by atoms with Gasteiger partial charge in [0.2, 0.25) is 0 Å². The highest BCUT2D eigenvalue weighted by Crippen LogP contribution is 2.39. The summed E-state index contributed by atoms with van der Waals surface area (Å²) in [6.45, 7) is 2.53. The number of benzene rings is 2. The second-order valence-corrected chi connectivity index (χ2v) is 10.8. The van der Waals surface area contributed by atoms with Crippen LogP contribution in [0.4, 0.5) is 4.39 Å². The van der Waals surface area contributed by atoms with E-state index in [2.05, 4.69) is 36.1 Å². The molecular formula is C29H38FNO3. The average molecular weight is 468 g/mol. The van der Waals surface area contributed by atoms with Gasteiger partial charge in [0.15, 0.2) is 0 Å². The Bertz CT molecular complexity index is 1000. The number of halogens is 1. The maximum Gasteiger partial charge on any atom is 0.306 e. The Balaban J connectivity index is 1.36. The molecule has 3 fully saturated rings. The highest BCUT2D eigenvalue weighted by molar-refractivity contribution is 5.88. The van der Waals surface area contributed by atoms with Crippen molar-refractivity contribution in [2.24, 2.45) is 11.8 Å². The molecule has 34 heavy (non-hydrogen) atoms. The zero-order valence-corrected chi connectivity index (χ0v) is 20.3. The summed E-state index contributed by atoms with van der Waals surface area (Å²) >= 11 is 0. The monoisotopic (exact) mass is 467 g/mol. The normalized spacial score (nSPS) is 29.8. The molecule has 0 radical (unpaired) electrons. The lowest BCUT2D eigenvalue weighted by molar-refractivity contribution is -0.146. The van der Waals surface area contributed by atoms with Gasteiger partial charge in [-0.05, 0) is 85.8 Å². The van der Waals surface area contributed by atoms with Crippen molar-refractivity contribution in [1.29, 1.82) is 0 Å². The molecule has 2 saturated heterocycles. The quantitative estimate of drug-likeness (QED) is 0.482. The highest BCUT2D eigenvalue weighted by atomic mass is 19.1. The van der Waals surface area contributed by atoms with Crippen LogP contribution in [0.2, 0.25) is 0 Å². The first-order chi connectivity index (χ1) is 16.6. The van der Waals surface area contributed by atoms with Crippen molar-refractivity contribution in [3.8, 4) is 5.75 Å². The Morgan fingerprint density at radius 3 is 2.41 bits per heavy atom. The van der Waals surface area contributed by atoms with Crippen molar-refractivity contribution in [2.45, 2.75) is 103 Å². The first kappa shape index (κ1) is 23.6. The third-order valence-corrected chi connectivity index (χ3v) is 8.79. The molecule has 2 aromatic carbocycles. The zero-order chi connectivity index (χ0) is 23.7. The fourth-order valence-electron chi connectivity index (χ4n) is 6.74. The van der Waals surface area contributed by atoms with Crippen LogP contribution >= 0.6 is 0 Å². The maximum absolute atomic E-state index is 14.3. The number of rotatable bonds is 7. The average Bonchev–Trinajstić information content (AvgIpc) is 2.84. The molecule has 2 aromatic rings. The number of nitrogens with zero attached hydrogens (tertiary/aromatic N) is 1. The van der Waals surface area contributed by atoms with Gasteiger partial charge in [0.1, 0.15) is 12.4 Å². The minimum atomic E-state index is -0.648. The van der Waals surface area contributed by atoms with E-state index in [4.69, 9.17) is 4.74 Å². The van der Waals surface area contributed by atoms with Crippen molar-refractivity contribution in [2.75, 3.05) is 0 Å². The number of carboxylic acids is 1. The number of carboxylic acid groups (broad SMARTS) is 1. The molecule has 1 N–H and O–H groups in total. The van der Waals surface area contributed by atoms with Gasteiger partial charge in [0.05, 0.1) is 12.0 Å². The van der Waals surface area contributed by atoms with Crippen LogP contribution in [-0.2, 0) is 18.0 Å². The van der Waals surface area contributed by atoms with Crippen LogP contribution in [0.5, 0.6) is 5.75 Å². The Morgan fingerprint density at radius 2 is 1.76 bits per heavy atom. The summed E-state index contributed by atoms with van der Waals surface area (Å²) in [7, 11) is 0. The van der Waals surface area contributed by atoms with E-state index in [9.17, 15) is 14.3 Å². The second kappa shape index (κ2) is 10.2. The largest absolute Gasteiger partial charge is 0.490 e. The second-order valence-electron chi connectivity index (χ2n) is 10.8. The van der Waals surface area contributed by atoms with Crippen molar-refractivity contribution < 1.29 is 19.0 Å². The molecule has 2 atom stereocenters. The number of alkyl halides is 1. The molecule has 5 heteroatoms. The van der Waals surface area contributed by atoms with Gasteiger partial charge < -0.3 is 9.84 Å². The third kappa shape index (κ3) is 4.82. The summed E-state index contributed by atoms with van der Waals surface area (Å²) in [5.41, 5.74) is 1.84. The number of hydrogen-bond donors (Lipinski definition) is 1. The first-order valence-corrected chi connectivity index (χ1v) is 13.3. The van der Waals surface area contributed by atoms with Crippen LogP contribution in [-0.4, -0.2) is 34.2 Å². The van der Waals surface area contributed by atoms with Gasteiger partial charge in [-0.25, -0.2) is 4.39 Å². The van der Waals surface area contributed by atoms with Gasteiger partial charge >= 0.3 is 5.97 Å². The molecule has 2 aliphatic heterocycles. The van der Waals surface area contributed by atoms with Gasteiger partial charge in [0.25, 0.3) is 0 Å². The summed E-state index contributed by atoms with van der Waals surface area (Å²) in [5.74, 6) is 0.643. The smallest absolute Gasteiger partial charge is 0.306 e. The van der Waals surface area contributed by atoms with E-state index in [1.807, 2.05) is 6.07 Å². The van der Waals surface area contributed by atoms with Gasteiger partial charge in [-0.1, -0.05) is 38.0 Å². The van der Waals surface area contributed by atoms with Crippen LogP contribution in [0.25, 0.3) is 10.8 Å². The SMILES string of the molecule is CCC1CCC(Oc2ccc3ccc(CN4C5CCCC4CC(C(=O)O)C5)cc3c2CF)CC1. The van der Waals surface area contributed by atoms with Crippen LogP contribution in [0.15, 0.2) is 30.3 Å². The van der Waals surface area contributed by atoms with Crippen LogP contribution in [0.1, 0.15) is 82.3 Å². The summed E-state index contributed by atoms with van der Waals surface area (Å²) in [4.78, 5) is 14.1. The Kier molecular flexibility index (Phi) is 7.10. The lowest BCUT2D eigenvalue weighted by Crippen LogP contribution is -2.52. The zero-order valence-electron chi connectivity index (χ0n) is 20.3. The topological polar surface area (TPSA) is 49.8 Å². The predicted molar refractivity (Wildman–Crippen MR) is 133 cm³/mol. The highest BCUT2D eigenvalue weighted by Gasteiger charge is 2.40. The predicted octanol–water partition coefficient (Wildman–Crippen LogP) is 6.87. The Morgan fingerprint density at radius 1 is 1.06 bits per heavy atom. The van der Waals surface area contributed by atoms with E-state index in [0.29, 0.717) is 23.4 Å². The van der Waals surface area contributed by atoms with Gasteiger partial charge in [-0.3, -0.25) is 9.69 Å². The fraction of sp³-hybridized carbons (Fsp3) is 0.621. The fourth-order valence-corrected chi connectivity index (χ4v) is 6.74. The van der Waals surface area contributed by atoms with Gasteiger partial charge in [0, 0.05) is 24.2 Å². The summed E-state index contributed by atoms with van der Waals surface area (Å²) in [6.07, 6.45) is 10.7. The minimum Gasteiger partial charge on any atom is -0.490 e. The van der Waals surface area contributed by atoms with E-state index < -0.39 is 12.6 Å². The van der Waals surface area contributed by atoms with E-state index in [-0.39, 0.29) is 12.0 Å². The van der Waals surface area contributed by atoms with Crippen molar-refractivity contribution >= 4 is 16.7 Å². The molecule has 1 saturated carbocycles. The molecule has 0 spiro atoms. The minimum absolute atomic E-state index is 0.184. The maximum atomic E-state index is 14.3. The number of aliphatic carboxylic acids is 1. The van der Waals surface area contributed by atoms with Crippen LogP contribution in [0.3, 0.4) is 0 Å². The lowest BCUT2D eigenvalue weighted by atomic mass is 9.78. The van der Waals surface area contributed by atoms with Crippen molar-refractivity contribution in [1.82, 2.24) is 4.90 Å². The Hall–Kier alpha value is -2.14. The molecule has 3 aliphatic rings. The molecule has 184 valence electrons. The number of ether oxygens (including phenoxy) is 1. The molecule has 5 rings (SSSR count).